The first-order valence-corrected chi connectivity index (χ1v) is 7.36. The molecule has 2 amide bonds. The molecule has 0 fully saturated rings. The van der Waals surface area contributed by atoms with Gasteiger partial charge in [0.2, 0.25) is 18.6 Å². The molecule has 122 valence electrons. The zero-order valence-electron chi connectivity index (χ0n) is 13.0. The van der Waals surface area contributed by atoms with Gasteiger partial charge in [0, 0.05) is 30.4 Å². The van der Waals surface area contributed by atoms with E-state index in [1.165, 1.54) is 13.0 Å². The molecule has 0 saturated carbocycles. The molecule has 0 aromatic heterocycles. The van der Waals surface area contributed by atoms with Gasteiger partial charge >= 0.3 is 0 Å². The zero-order valence-corrected chi connectivity index (χ0v) is 13.0. The average molecular weight is 324 g/mol. The fourth-order valence-electron chi connectivity index (χ4n) is 2.21. The normalized spacial score (nSPS) is 12.2. The molecule has 1 heterocycles. The third kappa shape index (κ3) is 3.92. The Bertz CT molecular complexity index is 797. The van der Waals surface area contributed by atoms with E-state index >= 15 is 0 Å². The van der Waals surface area contributed by atoms with Gasteiger partial charge in [0.25, 0.3) is 0 Å². The van der Waals surface area contributed by atoms with Gasteiger partial charge in [-0.05, 0) is 35.9 Å². The summed E-state index contributed by atoms with van der Waals surface area (Å²) in [5.74, 6) is 0.911. The molecule has 2 aromatic carbocycles. The van der Waals surface area contributed by atoms with E-state index in [9.17, 15) is 9.59 Å². The quantitative estimate of drug-likeness (QED) is 0.848. The average Bonchev–Trinajstić information content (AvgIpc) is 3.01. The van der Waals surface area contributed by atoms with Crippen molar-refractivity contribution in [3.63, 3.8) is 0 Å². The smallest absolute Gasteiger partial charge is 0.248 e. The largest absolute Gasteiger partial charge is 0.454 e. The third-order valence-electron chi connectivity index (χ3n) is 3.30. The minimum Gasteiger partial charge on any atom is -0.454 e. The van der Waals surface area contributed by atoms with Crippen LogP contribution in [0.3, 0.4) is 0 Å². The Morgan fingerprint density at radius 1 is 0.958 bits per heavy atom. The molecule has 6 heteroatoms. The number of carbonyl (C=O) groups is 2. The van der Waals surface area contributed by atoms with Gasteiger partial charge in [-0.2, -0.15) is 0 Å². The molecule has 6 nitrogen and oxygen atoms in total. The van der Waals surface area contributed by atoms with Gasteiger partial charge in [0.1, 0.15) is 0 Å². The van der Waals surface area contributed by atoms with Gasteiger partial charge in [0.05, 0.1) is 0 Å². The lowest BCUT2D eigenvalue weighted by Crippen LogP contribution is -2.07. The van der Waals surface area contributed by atoms with Crippen molar-refractivity contribution in [3.8, 4) is 11.5 Å². The molecule has 0 aliphatic carbocycles. The van der Waals surface area contributed by atoms with Crippen molar-refractivity contribution >= 4 is 29.3 Å². The molecule has 0 saturated heterocycles. The second-order valence-corrected chi connectivity index (χ2v) is 5.19. The Balaban J connectivity index is 1.60. The molecule has 0 unspecified atom stereocenters. The molecular weight excluding hydrogens is 308 g/mol. The second kappa shape index (κ2) is 6.87. The van der Waals surface area contributed by atoms with Gasteiger partial charge < -0.3 is 20.1 Å². The molecule has 0 bridgehead atoms. The van der Waals surface area contributed by atoms with Crippen molar-refractivity contribution < 1.29 is 19.1 Å². The van der Waals surface area contributed by atoms with Crippen LogP contribution >= 0.6 is 0 Å². The van der Waals surface area contributed by atoms with Crippen LogP contribution in [0.15, 0.2) is 48.5 Å². The number of benzene rings is 2. The van der Waals surface area contributed by atoms with E-state index in [2.05, 4.69) is 10.6 Å². The van der Waals surface area contributed by atoms with E-state index in [4.69, 9.17) is 9.47 Å². The molecular formula is C18H16N2O4. The monoisotopic (exact) mass is 324 g/mol. The topological polar surface area (TPSA) is 76.7 Å². The van der Waals surface area contributed by atoms with Gasteiger partial charge in [-0.3, -0.25) is 9.59 Å². The van der Waals surface area contributed by atoms with Crippen molar-refractivity contribution in [1.82, 2.24) is 0 Å². The lowest BCUT2D eigenvalue weighted by Gasteiger charge is -2.04. The first-order chi connectivity index (χ1) is 11.6. The highest BCUT2D eigenvalue weighted by Gasteiger charge is 2.13. The number of amides is 2. The van der Waals surface area contributed by atoms with E-state index in [-0.39, 0.29) is 18.6 Å². The maximum absolute atomic E-state index is 12.0. The zero-order chi connectivity index (χ0) is 16.9. The Kier molecular flexibility index (Phi) is 4.47. The number of ether oxygens (including phenoxy) is 2. The van der Waals surface area contributed by atoms with E-state index in [0.29, 0.717) is 22.9 Å². The lowest BCUT2D eigenvalue weighted by molar-refractivity contribution is -0.114. The highest BCUT2D eigenvalue weighted by Crippen LogP contribution is 2.34. The van der Waals surface area contributed by atoms with Crippen LogP contribution in [0, 0.1) is 0 Å². The predicted molar refractivity (Wildman–Crippen MR) is 91.0 cm³/mol. The summed E-state index contributed by atoms with van der Waals surface area (Å²) >= 11 is 0. The Labute approximate surface area is 139 Å². The summed E-state index contributed by atoms with van der Waals surface area (Å²) in [4.78, 5) is 22.9. The predicted octanol–water partition coefficient (Wildman–Crippen LogP) is 3.03. The molecule has 0 atom stereocenters. The van der Waals surface area contributed by atoms with Crippen molar-refractivity contribution in [2.45, 2.75) is 6.92 Å². The number of carbonyl (C=O) groups excluding carboxylic acids is 2. The molecule has 24 heavy (non-hydrogen) atoms. The van der Waals surface area contributed by atoms with Crippen molar-refractivity contribution in [1.29, 1.82) is 0 Å². The van der Waals surface area contributed by atoms with E-state index in [1.54, 1.807) is 36.4 Å². The van der Waals surface area contributed by atoms with Crippen LogP contribution in [0.2, 0.25) is 0 Å². The van der Waals surface area contributed by atoms with E-state index in [1.807, 2.05) is 12.1 Å². The van der Waals surface area contributed by atoms with Gasteiger partial charge in [-0.15, -0.1) is 0 Å². The summed E-state index contributed by atoms with van der Waals surface area (Å²) in [7, 11) is 0. The standard InChI is InChI=1S/C18H16N2O4/c1-12(21)19-14-5-2-13(3-6-14)4-9-18(22)20-15-7-8-16-17(10-15)24-11-23-16/h2-10H,11H2,1H3,(H,19,21)(H,20,22)/b9-4+. The van der Waals surface area contributed by atoms with Crippen molar-refractivity contribution in [2.75, 3.05) is 17.4 Å². The van der Waals surface area contributed by atoms with Gasteiger partial charge in [-0.25, -0.2) is 0 Å². The summed E-state index contributed by atoms with van der Waals surface area (Å²) < 4.78 is 10.5. The summed E-state index contributed by atoms with van der Waals surface area (Å²) in [6, 6.07) is 12.4. The van der Waals surface area contributed by atoms with Crippen molar-refractivity contribution in [2.24, 2.45) is 0 Å². The van der Waals surface area contributed by atoms with Crippen LogP contribution in [-0.4, -0.2) is 18.6 Å². The number of rotatable bonds is 4. The molecule has 1 aliphatic heterocycles. The van der Waals surface area contributed by atoms with Gasteiger partial charge in [0.15, 0.2) is 11.5 Å². The number of anilines is 2. The maximum Gasteiger partial charge on any atom is 0.248 e. The summed E-state index contributed by atoms with van der Waals surface area (Å²) in [5, 5.41) is 5.45. The van der Waals surface area contributed by atoms with E-state index in [0.717, 1.165) is 5.56 Å². The molecule has 0 radical (unpaired) electrons. The Morgan fingerprint density at radius 3 is 2.42 bits per heavy atom. The fourth-order valence-corrected chi connectivity index (χ4v) is 2.21. The Morgan fingerprint density at radius 2 is 1.67 bits per heavy atom. The minimum atomic E-state index is -0.250. The summed E-state index contributed by atoms with van der Waals surface area (Å²) in [6.07, 6.45) is 3.14. The minimum absolute atomic E-state index is 0.124. The van der Waals surface area contributed by atoms with Crippen LogP contribution in [0.1, 0.15) is 12.5 Å². The molecule has 2 N–H and O–H groups in total. The third-order valence-corrected chi connectivity index (χ3v) is 3.30. The van der Waals surface area contributed by atoms with Gasteiger partial charge in [-0.1, -0.05) is 12.1 Å². The number of hydrogen-bond acceptors (Lipinski definition) is 4. The molecule has 3 rings (SSSR count). The van der Waals surface area contributed by atoms with Crippen molar-refractivity contribution in [3.05, 3.63) is 54.1 Å². The van der Waals surface area contributed by atoms with Crippen LogP contribution in [-0.2, 0) is 9.59 Å². The Hall–Kier alpha value is -3.28. The summed E-state index contributed by atoms with van der Waals surface area (Å²) in [6.45, 7) is 1.65. The summed E-state index contributed by atoms with van der Waals surface area (Å²) in [5.41, 5.74) is 2.20. The number of fused-ring (bicyclic) bond motifs is 1. The van der Waals surface area contributed by atoms with Crippen LogP contribution in [0.4, 0.5) is 11.4 Å². The van der Waals surface area contributed by atoms with Crippen LogP contribution < -0.4 is 20.1 Å². The fraction of sp³-hybridized carbons (Fsp3) is 0.111. The first kappa shape index (κ1) is 15.6. The molecule has 2 aromatic rings. The number of nitrogens with one attached hydrogen (secondary N) is 2. The second-order valence-electron chi connectivity index (χ2n) is 5.19. The van der Waals surface area contributed by atoms with E-state index < -0.39 is 0 Å². The highest BCUT2D eigenvalue weighted by molar-refractivity contribution is 6.02. The maximum atomic E-state index is 12.0. The molecule has 1 aliphatic rings. The van der Waals surface area contributed by atoms with Crippen LogP contribution in [0.25, 0.3) is 6.08 Å². The highest BCUT2D eigenvalue weighted by atomic mass is 16.7. The molecule has 0 spiro atoms. The number of hydrogen-bond donors (Lipinski definition) is 2. The lowest BCUT2D eigenvalue weighted by atomic mass is 10.2. The first-order valence-electron chi connectivity index (χ1n) is 7.36. The van der Waals surface area contributed by atoms with Crippen LogP contribution in [0.5, 0.6) is 11.5 Å². The SMILES string of the molecule is CC(=O)Nc1ccc(/C=C/C(=O)Nc2ccc3c(c2)OCO3)cc1.